The molecule has 106 valence electrons. The van der Waals surface area contributed by atoms with E-state index in [1.54, 1.807) is 12.5 Å². The minimum atomic E-state index is -0.0526. The van der Waals surface area contributed by atoms with E-state index < -0.39 is 0 Å². The van der Waals surface area contributed by atoms with E-state index in [0.29, 0.717) is 6.54 Å². The largest absolute Gasteiger partial charge is 0.463 e. The fourth-order valence-corrected chi connectivity index (χ4v) is 2.71. The first kappa shape index (κ1) is 13.6. The second-order valence-corrected chi connectivity index (χ2v) is 5.91. The Morgan fingerprint density at radius 1 is 1.29 bits per heavy atom. The summed E-state index contributed by atoms with van der Waals surface area (Å²) in [4.78, 5) is 18.1. The Bertz CT molecular complexity index is 730. The summed E-state index contributed by atoms with van der Waals surface area (Å²) < 4.78 is 5.29. The van der Waals surface area contributed by atoms with Crippen LogP contribution in [0, 0.1) is 6.92 Å². The maximum absolute atomic E-state index is 11.9. The van der Waals surface area contributed by atoms with Gasteiger partial charge in [0.15, 0.2) is 5.76 Å². The number of carbonyl (C=O) groups is 1. The molecular formula is C16H14N2O2S. The van der Waals surface area contributed by atoms with Gasteiger partial charge in [-0.1, -0.05) is 6.07 Å². The average molecular weight is 298 g/mol. The van der Waals surface area contributed by atoms with Crippen LogP contribution in [0.15, 0.2) is 53.3 Å². The predicted octanol–water partition coefficient (Wildman–Crippen LogP) is 3.64. The van der Waals surface area contributed by atoms with Crippen molar-refractivity contribution in [1.82, 2.24) is 10.3 Å². The number of furan rings is 1. The van der Waals surface area contributed by atoms with E-state index in [2.05, 4.69) is 10.3 Å². The molecule has 1 N–H and O–H groups in total. The fraction of sp³-hybridized carbons (Fsp3) is 0.125. The highest BCUT2D eigenvalue weighted by molar-refractivity contribution is 7.13. The van der Waals surface area contributed by atoms with Crippen molar-refractivity contribution in [2.75, 3.05) is 0 Å². The van der Waals surface area contributed by atoms with Crippen LogP contribution >= 0.6 is 11.3 Å². The van der Waals surface area contributed by atoms with Crippen LogP contribution in [-0.2, 0) is 6.54 Å². The molecule has 0 aliphatic carbocycles. The molecule has 3 heterocycles. The Balaban J connectivity index is 1.62. The maximum Gasteiger partial charge on any atom is 0.261 e. The number of hydrogen-bond donors (Lipinski definition) is 1. The monoisotopic (exact) mass is 298 g/mol. The summed E-state index contributed by atoms with van der Waals surface area (Å²) >= 11 is 1.49. The van der Waals surface area contributed by atoms with Crippen molar-refractivity contribution in [2.24, 2.45) is 0 Å². The first-order valence-electron chi connectivity index (χ1n) is 6.56. The van der Waals surface area contributed by atoms with Gasteiger partial charge in [-0.05, 0) is 42.8 Å². The zero-order valence-corrected chi connectivity index (χ0v) is 12.3. The van der Waals surface area contributed by atoms with Gasteiger partial charge in [-0.15, -0.1) is 11.3 Å². The van der Waals surface area contributed by atoms with Gasteiger partial charge in [0, 0.05) is 17.6 Å². The van der Waals surface area contributed by atoms with E-state index >= 15 is 0 Å². The molecule has 21 heavy (non-hydrogen) atoms. The second kappa shape index (κ2) is 5.93. The van der Waals surface area contributed by atoms with Crippen LogP contribution in [0.2, 0.25) is 0 Å². The molecular weight excluding hydrogens is 284 g/mol. The zero-order valence-electron chi connectivity index (χ0n) is 11.5. The van der Waals surface area contributed by atoms with Crippen LogP contribution in [0.25, 0.3) is 11.5 Å². The normalized spacial score (nSPS) is 10.5. The van der Waals surface area contributed by atoms with Crippen molar-refractivity contribution in [2.45, 2.75) is 13.5 Å². The Labute approximate surface area is 126 Å². The maximum atomic E-state index is 11.9. The third-order valence-electron chi connectivity index (χ3n) is 3.02. The third-order valence-corrected chi connectivity index (χ3v) is 4.02. The minimum Gasteiger partial charge on any atom is -0.463 e. The van der Waals surface area contributed by atoms with E-state index in [9.17, 15) is 4.79 Å². The summed E-state index contributed by atoms with van der Waals surface area (Å²) in [6.07, 6.45) is 3.37. The van der Waals surface area contributed by atoms with Gasteiger partial charge in [0.1, 0.15) is 5.69 Å². The summed E-state index contributed by atoms with van der Waals surface area (Å²) in [5, 5.41) is 2.89. The SMILES string of the molecule is Cc1ccc(C(=O)NCc2ccc(-c3ccco3)nc2)s1. The number of nitrogens with zero attached hydrogens (tertiary/aromatic N) is 1. The van der Waals surface area contributed by atoms with Crippen LogP contribution in [0.5, 0.6) is 0 Å². The molecule has 3 aromatic rings. The Hall–Kier alpha value is -2.40. The Morgan fingerprint density at radius 3 is 2.81 bits per heavy atom. The molecule has 0 saturated heterocycles. The smallest absolute Gasteiger partial charge is 0.261 e. The molecule has 3 aromatic heterocycles. The van der Waals surface area contributed by atoms with Crippen LogP contribution in [-0.4, -0.2) is 10.9 Å². The lowest BCUT2D eigenvalue weighted by molar-refractivity contribution is 0.0955. The molecule has 1 amide bonds. The highest BCUT2D eigenvalue weighted by Crippen LogP contribution is 2.17. The van der Waals surface area contributed by atoms with Crippen LogP contribution < -0.4 is 5.32 Å². The number of amides is 1. The summed E-state index contributed by atoms with van der Waals surface area (Å²) in [6.45, 7) is 2.44. The number of pyridine rings is 1. The van der Waals surface area contributed by atoms with Gasteiger partial charge in [-0.25, -0.2) is 0 Å². The molecule has 0 saturated carbocycles. The lowest BCUT2D eigenvalue weighted by Gasteiger charge is -2.04. The molecule has 0 atom stereocenters. The van der Waals surface area contributed by atoms with Gasteiger partial charge >= 0.3 is 0 Å². The van der Waals surface area contributed by atoms with Crippen molar-refractivity contribution < 1.29 is 9.21 Å². The summed E-state index contributed by atoms with van der Waals surface area (Å²) in [7, 11) is 0. The second-order valence-electron chi connectivity index (χ2n) is 4.62. The first-order valence-corrected chi connectivity index (χ1v) is 7.37. The van der Waals surface area contributed by atoms with E-state index in [0.717, 1.165) is 26.8 Å². The van der Waals surface area contributed by atoms with Crippen molar-refractivity contribution >= 4 is 17.2 Å². The molecule has 5 heteroatoms. The molecule has 0 aliphatic rings. The number of hydrogen-bond acceptors (Lipinski definition) is 4. The number of aromatic nitrogens is 1. The number of rotatable bonds is 4. The number of nitrogens with one attached hydrogen (secondary N) is 1. The predicted molar refractivity (Wildman–Crippen MR) is 82.2 cm³/mol. The first-order chi connectivity index (χ1) is 10.2. The summed E-state index contributed by atoms with van der Waals surface area (Å²) in [5.41, 5.74) is 1.73. The molecule has 0 spiro atoms. The molecule has 0 fully saturated rings. The quantitative estimate of drug-likeness (QED) is 0.800. The average Bonchev–Trinajstić information content (AvgIpc) is 3.16. The van der Waals surface area contributed by atoms with E-state index in [1.165, 1.54) is 11.3 Å². The third kappa shape index (κ3) is 3.20. The van der Waals surface area contributed by atoms with Gasteiger partial charge in [-0.2, -0.15) is 0 Å². The van der Waals surface area contributed by atoms with E-state index in [1.807, 2.05) is 43.3 Å². The molecule has 0 aliphatic heterocycles. The van der Waals surface area contributed by atoms with E-state index in [4.69, 9.17) is 4.42 Å². The molecule has 0 unspecified atom stereocenters. The van der Waals surface area contributed by atoms with Crippen LogP contribution in [0.3, 0.4) is 0 Å². The molecule has 0 radical (unpaired) electrons. The van der Waals surface area contributed by atoms with Crippen molar-refractivity contribution in [3.05, 3.63) is 64.2 Å². The van der Waals surface area contributed by atoms with Gasteiger partial charge < -0.3 is 9.73 Å². The topological polar surface area (TPSA) is 55.1 Å². The highest BCUT2D eigenvalue weighted by atomic mass is 32.1. The van der Waals surface area contributed by atoms with Gasteiger partial charge in [0.2, 0.25) is 0 Å². The van der Waals surface area contributed by atoms with Gasteiger partial charge in [0.25, 0.3) is 5.91 Å². The molecule has 3 rings (SSSR count). The van der Waals surface area contributed by atoms with Crippen LogP contribution in [0.4, 0.5) is 0 Å². The Kier molecular flexibility index (Phi) is 3.83. The van der Waals surface area contributed by atoms with Crippen LogP contribution in [0.1, 0.15) is 20.1 Å². The molecule has 0 aromatic carbocycles. The highest BCUT2D eigenvalue weighted by Gasteiger charge is 2.08. The number of carbonyl (C=O) groups excluding carboxylic acids is 1. The lowest BCUT2D eigenvalue weighted by Crippen LogP contribution is -2.21. The van der Waals surface area contributed by atoms with Gasteiger partial charge in [-0.3, -0.25) is 9.78 Å². The van der Waals surface area contributed by atoms with E-state index in [-0.39, 0.29) is 5.91 Å². The standard InChI is InChI=1S/C16H14N2O2S/c1-11-4-7-15(21-11)16(19)18-10-12-5-6-13(17-9-12)14-3-2-8-20-14/h2-9H,10H2,1H3,(H,18,19). The number of thiophene rings is 1. The molecule has 4 nitrogen and oxygen atoms in total. The van der Waals surface area contributed by atoms with Crippen molar-refractivity contribution in [3.63, 3.8) is 0 Å². The summed E-state index contributed by atoms with van der Waals surface area (Å²) in [6, 6.07) is 11.3. The zero-order chi connectivity index (χ0) is 14.7. The minimum absolute atomic E-state index is 0.0526. The van der Waals surface area contributed by atoms with Crippen molar-refractivity contribution in [3.8, 4) is 11.5 Å². The molecule has 0 bridgehead atoms. The Morgan fingerprint density at radius 2 is 2.19 bits per heavy atom. The summed E-state index contributed by atoms with van der Waals surface area (Å²) in [5.74, 6) is 0.683. The van der Waals surface area contributed by atoms with Crippen molar-refractivity contribution in [1.29, 1.82) is 0 Å². The van der Waals surface area contributed by atoms with Gasteiger partial charge in [0.05, 0.1) is 11.1 Å². The number of aryl methyl sites for hydroxylation is 1. The lowest BCUT2D eigenvalue weighted by atomic mass is 10.2. The fourth-order valence-electron chi connectivity index (χ4n) is 1.93.